The number of aliphatic imine (C=N–C) groups is 1. The van der Waals surface area contributed by atoms with Gasteiger partial charge in [0, 0.05) is 41.9 Å². The summed E-state index contributed by atoms with van der Waals surface area (Å²) in [5.41, 5.74) is 11.3. The van der Waals surface area contributed by atoms with Crippen LogP contribution in [-0.2, 0) is 0 Å². The lowest BCUT2D eigenvalue weighted by Gasteiger charge is -2.35. The number of nitrogens with zero attached hydrogens (tertiary/aromatic N) is 2. The lowest BCUT2D eigenvalue weighted by atomic mass is 9.90. The topological polar surface area (TPSA) is 54.5 Å². The first-order chi connectivity index (χ1) is 28.7. The molecule has 3 atom stereocenters. The summed E-state index contributed by atoms with van der Waals surface area (Å²) in [5, 5.41) is 14.9. The monoisotopic (exact) mass is 766 g/mol. The number of para-hydroxylation sites is 2. The molecule has 3 aromatic heterocycles. The SMILES string of the molecule is CC1CC=CC=C1C1NC(c2cccc3c2sc2cccc(-c4ccc5oc6cccc(-n7c8ccccc8c8ccccc87)c6c5c4)c23)=NC(c2ccccc2)N1. The summed E-state index contributed by atoms with van der Waals surface area (Å²) < 4.78 is 11.5. The molecule has 7 aromatic carbocycles. The normalized spacial score (nSPS) is 18.4. The van der Waals surface area contributed by atoms with Gasteiger partial charge >= 0.3 is 0 Å². The van der Waals surface area contributed by atoms with E-state index in [1.807, 2.05) is 11.3 Å². The van der Waals surface area contributed by atoms with Gasteiger partial charge in [-0.3, -0.25) is 5.32 Å². The maximum atomic E-state index is 6.59. The van der Waals surface area contributed by atoms with Gasteiger partial charge in [0.05, 0.1) is 22.1 Å². The number of nitrogens with one attached hydrogen (secondary N) is 2. The molecule has 4 heterocycles. The van der Waals surface area contributed by atoms with Crippen molar-refractivity contribution in [3.05, 3.63) is 187 Å². The van der Waals surface area contributed by atoms with E-state index < -0.39 is 0 Å². The van der Waals surface area contributed by atoms with Gasteiger partial charge in [-0.05, 0) is 83.1 Å². The van der Waals surface area contributed by atoms with Crippen LogP contribution in [0.5, 0.6) is 0 Å². The molecule has 0 spiro atoms. The molecule has 0 saturated carbocycles. The number of aromatic nitrogens is 1. The first-order valence-electron chi connectivity index (χ1n) is 20.1. The Hall–Kier alpha value is -6.73. The molecule has 0 amide bonds. The zero-order chi connectivity index (χ0) is 38.3. The molecule has 2 N–H and O–H groups in total. The highest BCUT2D eigenvalue weighted by Gasteiger charge is 2.30. The predicted molar refractivity (Wildman–Crippen MR) is 243 cm³/mol. The first-order valence-corrected chi connectivity index (χ1v) is 20.9. The number of furan rings is 1. The highest BCUT2D eigenvalue weighted by molar-refractivity contribution is 7.26. The van der Waals surface area contributed by atoms with Crippen LogP contribution in [0.4, 0.5) is 0 Å². The Labute approximate surface area is 339 Å². The molecular formula is C52H38N4OS. The minimum Gasteiger partial charge on any atom is -0.456 e. The second-order valence-corrected chi connectivity index (χ2v) is 16.6. The van der Waals surface area contributed by atoms with E-state index >= 15 is 0 Å². The number of thiophene rings is 1. The van der Waals surface area contributed by atoms with Crippen molar-refractivity contribution in [1.29, 1.82) is 0 Å². The Kier molecular flexibility index (Phi) is 7.59. The average molecular weight is 767 g/mol. The number of hydrogen-bond acceptors (Lipinski definition) is 5. The van der Waals surface area contributed by atoms with Crippen LogP contribution >= 0.6 is 11.3 Å². The molecule has 0 saturated heterocycles. The zero-order valence-electron chi connectivity index (χ0n) is 31.8. The molecule has 278 valence electrons. The largest absolute Gasteiger partial charge is 0.456 e. The Morgan fingerprint density at radius 2 is 1.41 bits per heavy atom. The maximum Gasteiger partial charge on any atom is 0.137 e. The van der Waals surface area contributed by atoms with E-state index in [0.717, 1.165) is 56.6 Å². The molecule has 1 aliphatic heterocycles. The fourth-order valence-electron chi connectivity index (χ4n) is 9.43. The second kappa shape index (κ2) is 13.2. The van der Waals surface area contributed by atoms with E-state index in [-0.39, 0.29) is 12.3 Å². The van der Waals surface area contributed by atoms with Crippen molar-refractivity contribution in [3.63, 3.8) is 0 Å². The fraction of sp³-hybridized carbons (Fsp3) is 0.0962. The fourth-order valence-corrected chi connectivity index (χ4v) is 10.7. The molecule has 0 bridgehead atoms. The van der Waals surface area contributed by atoms with Gasteiger partial charge in [0.2, 0.25) is 0 Å². The van der Waals surface area contributed by atoms with Crippen molar-refractivity contribution < 1.29 is 4.42 Å². The zero-order valence-corrected chi connectivity index (χ0v) is 32.6. The van der Waals surface area contributed by atoms with E-state index in [1.165, 1.54) is 53.1 Å². The quantitative estimate of drug-likeness (QED) is 0.183. The minimum absolute atomic E-state index is 0.0400. The van der Waals surface area contributed by atoms with E-state index in [0.29, 0.717) is 5.92 Å². The molecule has 1 aliphatic carbocycles. The van der Waals surface area contributed by atoms with Gasteiger partial charge in [-0.25, -0.2) is 4.99 Å². The van der Waals surface area contributed by atoms with Gasteiger partial charge in [0.1, 0.15) is 29.3 Å². The van der Waals surface area contributed by atoms with Gasteiger partial charge in [-0.15, -0.1) is 11.3 Å². The number of allylic oxidation sites excluding steroid dienone is 3. The summed E-state index contributed by atoms with van der Waals surface area (Å²) >= 11 is 1.85. The number of rotatable bonds is 5. The van der Waals surface area contributed by atoms with Crippen LogP contribution in [0.15, 0.2) is 185 Å². The van der Waals surface area contributed by atoms with E-state index in [2.05, 4.69) is 192 Å². The Morgan fingerprint density at radius 3 is 2.24 bits per heavy atom. The highest BCUT2D eigenvalue weighted by Crippen LogP contribution is 2.44. The number of hydrogen-bond donors (Lipinski definition) is 2. The van der Waals surface area contributed by atoms with Crippen molar-refractivity contribution in [2.75, 3.05) is 0 Å². The van der Waals surface area contributed by atoms with Gasteiger partial charge in [0.15, 0.2) is 0 Å². The molecule has 2 aliphatic rings. The standard InChI is InChI=1S/C52H38N4OS/c1-31-14-5-6-17-34(31)51-53-50(32-15-3-2-4-16-32)54-52(55-51)39-22-11-21-38-47-35(20-12-27-46(47)58-49(38)39)33-28-29-44-40(30-33)48-43(25-13-26-45(48)57-44)56-41-23-9-7-18-36(41)37-19-8-10-24-42(37)56/h2-13,15-31,50-51,53H,14H2,1H3,(H,54,55). The third kappa shape index (κ3) is 5.15. The average Bonchev–Trinajstić information content (AvgIpc) is 3.96. The van der Waals surface area contributed by atoms with Crippen LogP contribution in [0, 0.1) is 5.92 Å². The number of benzene rings is 7. The molecule has 10 aromatic rings. The van der Waals surface area contributed by atoms with Gasteiger partial charge in [0.25, 0.3) is 0 Å². The van der Waals surface area contributed by atoms with Crippen molar-refractivity contribution in [1.82, 2.24) is 15.2 Å². The van der Waals surface area contributed by atoms with Crippen LogP contribution in [0.2, 0.25) is 0 Å². The van der Waals surface area contributed by atoms with Gasteiger partial charge < -0.3 is 14.3 Å². The minimum atomic E-state index is -0.175. The summed E-state index contributed by atoms with van der Waals surface area (Å²) in [6.07, 6.45) is 7.53. The van der Waals surface area contributed by atoms with Crippen LogP contribution in [0.1, 0.15) is 30.6 Å². The number of fused-ring (bicyclic) bond motifs is 9. The molecule has 58 heavy (non-hydrogen) atoms. The Balaban J connectivity index is 1.02. The Bertz CT molecular complexity index is 3310. The van der Waals surface area contributed by atoms with E-state index in [4.69, 9.17) is 9.41 Å². The molecule has 3 unspecified atom stereocenters. The second-order valence-electron chi connectivity index (χ2n) is 15.6. The lowest BCUT2D eigenvalue weighted by molar-refractivity contribution is 0.409. The first kappa shape index (κ1) is 33.4. The van der Waals surface area contributed by atoms with Crippen LogP contribution in [0.3, 0.4) is 0 Å². The molecule has 6 heteroatoms. The summed E-state index contributed by atoms with van der Waals surface area (Å²) in [6.45, 7) is 2.31. The van der Waals surface area contributed by atoms with Gasteiger partial charge in [-0.1, -0.05) is 128 Å². The third-order valence-corrected chi connectivity index (χ3v) is 13.4. The highest BCUT2D eigenvalue weighted by atomic mass is 32.1. The lowest BCUT2D eigenvalue weighted by Crippen LogP contribution is -2.53. The molecule has 0 radical (unpaired) electrons. The van der Waals surface area contributed by atoms with Crippen molar-refractivity contribution in [3.8, 4) is 16.8 Å². The predicted octanol–water partition coefficient (Wildman–Crippen LogP) is 13.2. The van der Waals surface area contributed by atoms with Crippen molar-refractivity contribution in [2.24, 2.45) is 10.9 Å². The van der Waals surface area contributed by atoms with E-state index in [1.54, 1.807) is 0 Å². The van der Waals surface area contributed by atoms with Crippen LogP contribution in [0.25, 0.3) is 80.7 Å². The van der Waals surface area contributed by atoms with Gasteiger partial charge in [-0.2, -0.15) is 0 Å². The molecule has 5 nitrogen and oxygen atoms in total. The van der Waals surface area contributed by atoms with E-state index in [9.17, 15) is 0 Å². The molecule has 0 fully saturated rings. The van der Waals surface area contributed by atoms with Crippen LogP contribution in [-0.4, -0.2) is 16.6 Å². The Morgan fingerprint density at radius 1 is 0.672 bits per heavy atom. The number of amidine groups is 1. The summed E-state index contributed by atoms with van der Waals surface area (Å²) in [6, 6.07) is 54.5. The van der Waals surface area contributed by atoms with Crippen LogP contribution < -0.4 is 10.6 Å². The summed E-state index contributed by atoms with van der Waals surface area (Å²) in [7, 11) is 0. The third-order valence-electron chi connectivity index (χ3n) is 12.2. The van der Waals surface area contributed by atoms with Crippen molar-refractivity contribution in [2.45, 2.75) is 25.7 Å². The molecule has 12 rings (SSSR count). The van der Waals surface area contributed by atoms with Crippen molar-refractivity contribution >= 4 is 81.1 Å². The maximum absolute atomic E-state index is 6.59. The summed E-state index contributed by atoms with van der Waals surface area (Å²) in [5.74, 6) is 1.35. The molecular weight excluding hydrogens is 729 g/mol. The smallest absolute Gasteiger partial charge is 0.137 e. The summed E-state index contributed by atoms with van der Waals surface area (Å²) in [4.78, 5) is 5.36.